The summed E-state index contributed by atoms with van der Waals surface area (Å²) in [4.78, 5) is 0. The molecule has 54 valence electrons. The minimum absolute atomic E-state index is 0.136. The van der Waals surface area contributed by atoms with E-state index in [2.05, 4.69) is 4.74 Å². The van der Waals surface area contributed by atoms with Gasteiger partial charge < -0.3 is 4.74 Å². The summed E-state index contributed by atoms with van der Waals surface area (Å²) in [6, 6.07) is 0. The Morgan fingerprint density at radius 1 is 1.56 bits per heavy atom. The quantitative estimate of drug-likeness (QED) is 0.496. The lowest BCUT2D eigenvalue weighted by Gasteiger charge is -2.25. The standard InChI is InChI=1S/C4H6F3NO/c5-3-4(6,7)9-2-1-8-3/h3,8H,1-2H2. The molecule has 0 spiro atoms. The second-order valence-electron chi connectivity index (χ2n) is 1.73. The molecule has 9 heavy (non-hydrogen) atoms. The second kappa shape index (κ2) is 2.15. The van der Waals surface area contributed by atoms with Gasteiger partial charge in [-0.15, -0.1) is 0 Å². The summed E-state index contributed by atoms with van der Waals surface area (Å²) in [5.41, 5.74) is 0. The van der Waals surface area contributed by atoms with Crippen molar-refractivity contribution in [3.63, 3.8) is 0 Å². The molecule has 1 atom stereocenters. The monoisotopic (exact) mass is 141 g/mol. The van der Waals surface area contributed by atoms with Crippen molar-refractivity contribution in [3.05, 3.63) is 0 Å². The van der Waals surface area contributed by atoms with Crippen molar-refractivity contribution in [1.82, 2.24) is 5.32 Å². The third-order valence-electron chi connectivity index (χ3n) is 1.02. The fourth-order valence-corrected chi connectivity index (χ4v) is 0.565. The van der Waals surface area contributed by atoms with Crippen LogP contribution >= 0.6 is 0 Å². The minimum atomic E-state index is -3.64. The van der Waals surface area contributed by atoms with Crippen molar-refractivity contribution in [2.75, 3.05) is 13.2 Å². The number of hydrogen-bond acceptors (Lipinski definition) is 2. The first-order valence-electron chi connectivity index (χ1n) is 2.52. The highest BCUT2D eigenvalue weighted by Crippen LogP contribution is 2.23. The van der Waals surface area contributed by atoms with Crippen LogP contribution in [0.3, 0.4) is 0 Å². The number of ether oxygens (including phenoxy) is 1. The zero-order valence-electron chi connectivity index (χ0n) is 4.53. The average Bonchev–Trinajstić information content (AvgIpc) is 1.77. The summed E-state index contributed by atoms with van der Waals surface area (Å²) in [6.45, 7) is -0.00975. The van der Waals surface area contributed by atoms with Crippen LogP contribution < -0.4 is 5.32 Å². The molecule has 0 aromatic carbocycles. The largest absolute Gasteiger partial charge is 0.400 e. The van der Waals surface area contributed by atoms with Crippen LogP contribution in [0.1, 0.15) is 0 Å². The van der Waals surface area contributed by atoms with Crippen LogP contribution in [0.5, 0.6) is 0 Å². The Morgan fingerprint density at radius 3 is 2.56 bits per heavy atom. The topological polar surface area (TPSA) is 21.3 Å². The summed E-state index contributed by atoms with van der Waals surface area (Å²) in [5, 5.41) is 1.93. The van der Waals surface area contributed by atoms with Crippen LogP contribution in [0.2, 0.25) is 0 Å². The molecule has 1 fully saturated rings. The fourth-order valence-electron chi connectivity index (χ4n) is 0.565. The highest BCUT2D eigenvalue weighted by Gasteiger charge is 2.43. The molecule has 1 aliphatic rings. The normalized spacial score (nSPS) is 34.3. The van der Waals surface area contributed by atoms with E-state index < -0.39 is 12.4 Å². The smallest absolute Gasteiger partial charge is 0.316 e. The number of hydrogen-bond donors (Lipinski definition) is 1. The van der Waals surface area contributed by atoms with Gasteiger partial charge in [-0.1, -0.05) is 0 Å². The molecule has 1 rings (SSSR count). The Hall–Kier alpha value is -0.290. The van der Waals surface area contributed by atoms with E-state index in [1.54, 1.807) is 0 Å². The number of morpholine rings is 1. The third kappa shape index (κ3) is 1.34. The van der Waals surface area contributed by atoms with Gasteiger partial charge in [-0.25, -0.2) is 4.39 Å². The van der Waals surface area contributed by atoms with Gasteiger partial charge in [0.15, 0.2) is 0 Å². The predicted molar refractivity (Wildman–Crippen MR) is 23.8 cm³/mol. The van der Waals surface area contributed by atoms with Crippen molar-refractivity contribution >= 4 is 0 Å². The van der Waals surface area contributed by atoms with Gasteiger partial charge in [0.25, 0.3) is 0 Å². The molecule has 1 heterocycles. The Kier molecular flexibility index (Phi) is 1.63. The van der Waals surface area contributed by atoms with E-state index in [0.717, 1.165) is 0 Å². The summed E-state index contributed by atoms with van der Waals surface area (Å²) in [7, 11) is 0. The molecule has 5 heteroatoms. The fraction of sp³-hybridized carbons (Fsp3) is 1.00. The van der Waals surface area contributed by atoms with E-state index in [4.69, 9.17) is 0 Å². The summed E-state index contributed by atoms with van der Waals surface area (Å²) >= 11 is 0. The number of alkyl halides is 3. The zero-order valence-corrected chi connectivity index (χ0v) is 4.53. The van der Waals surface area contributed by atoms with Crippen LogP contribution in [-0.2, 0) is 4.74 Å². The van der Waals surface area contributed by atoms with Gasteiger partial charge in [-0.2, -0.15) is 8.78 Å². The molecule has 1 unspecified atom stereocenters. The summed E-state index contributed by atoms with van der Waals surface area (Å²) < 4.78 is 39.7. The van der Waals surface area contributed by atoms with Crippen molar-refractivity contribution in [2.24, 2.45) is 0 Å². The molecular formula is C4H6F3NO. The Morgan fingerprint density at radius 2 is 2.22 bits per heavy atom. The van der Waals surface area contributed by atoms with Gasteiger partial charge in [-0.05, 0) is 0 Å². The lowest BCUT2D eigenvalue weighted by molar-refractivity contribution is -0.295. The number of halogens is 3. The van der Waals surface area contributed by atoms with Crippen LogP contribution in [0.15, 0.2) is 0 Å². The molecule has 0 bridgehead atoms. The second-order valence-corrected chi connectivity index (χ2v) is 1.73. The van der Waals surface area contributed by atoms with Crippen LogP contribution in [0.25, 0.3) is 0 Å². The third-order valence-corrected chi connectivity index (χ3v) is 1.02. The van der Waals surface area contributed by atoms with E-state index in [9.17, 15) is 13.2 Å². The predicted octanol–water partition coefficient (Wildman–Crippen LogP) is 0.495. The zero-order chi connectivity index (χ0) is 6.91. The molecule has 1 aliphatic heterocycles. The average molecular weight is 141 g/mol. The minimum Gasteiger partial charge on any atom is -0.316 e. The van der Waals surface area contributed by atoms with Gasteiger partial charge in [0.2, 0.25) is 6.30 Å². The van der Waals surface area contributed by atoms with Gasteiger partial charge >= 0.3 is 6.11 Å². The summed E-state index contributed by atoms with van der Waals surface area (Å²) in [6.07, 6.45) is -6.00. The molecular weight excluding hydrogens is 135 g/mol. The molecule has 0 amide bonds. The SMILES string of the molecule is FC1NCCOC1(F)F. The highest BCUT2D eigenvalue weighted by molar-refractivity contribution is 4.69. The summed E-state index contributed by atoms with van der Waals surface area (Å²) in [5.74, 6) is 0. The van der Waals surface area contributed by atoms with Gasteiger partial charge in [0, 0.05) is 6.54 Å². The highest BCUT2D eigenvalue weighted by atomic mass is 19.3. The van der Waals surface area contributed by atoms with Crippen molar-refractivity contribution in [3.8, 4) is 0 Å². The van der Waals surface area contributed by atoms with Gasteiger partial charge in [-0.3, -0.25) is 5.32 Å². The Balaban J connectivity index is 2.49. The van der Waals surface area contributed by atoms with E-state index in [-0.39, 0.29) is 13.2 Å². The van der Waals surface area contributed by atoms with Crippen molar-refractivity contribution < 1.29 is 17.9 Å². The Labute approximate surface area is 50.0 Å². The molecule has 0 radical (unpaired) electrons. The molecule has 0 aromatic heterocycles. The van der Waals surface area contributed by atoms with E-state index in [1.807, 2.05) is 5.32 Å². The maximum Gasteiger partial charge on any atom is 0.400 e. The molecule has 0 saturated carbocycles. The molecule has 0 aromatic rings. The van der Waals surface area contributed by atoms with Crippen LogP contribution in [0, 0.1) is 0 Å². The number of rotatable bonds is 0. The molecule has 0 aliphatic carbocycles. The first-order valence-corrected chi connectivity index (χ1v) is 2.52. The van der Waals surface area contributed by atoms with Crippen molar-refractivity contribution in [2.45, 2.75) is 12.4 Å². The number of nitrogens with one attached hydrogen (secondary N) is 1. The molecule has 1 N–H and O–H groups in total. The van der Waals surface area contributed by atoms with E-state index in [1.165, 1.54) is 0 Å². The molecule has 2 nitrogen and oxygen atoms in total. The van der Waals surface area contributed by atoms with E-state index in [0.29, 0.717) is 0 Å². The van der Waals surface area contributed by atoms with Crippen LogP contribution in [0.4, 0.5) is 13.2 Å². The van der Waals surface area contributed by atoms with Crippen LogP contribution in [-0.4, -0.2) is 25.6 Å². The van der Waals surface area contributed by atoms with Crippen molar-refractivity contribution in [1.29, 1.82) is 0 Å². The van der Waals surface area contributed by atoms with E-state index >= 15 is 0 Å². The Bertz CT molecular complexity index is 108. The van der Waals surface area contributed by atoms with Gasteiger partial charge in [0.05, 0.1) is 6.61 Å². The first-order chi connectivity index (χ1) is 4.13. The molecule has 1 saturated heterocycles. The maximum atomic E-state index is 12.0. The maximum absolute atomic E-state index is 12.0. The lowest BCUT2D eigenvalue weighted by atomic mass is 10.4. The first kappa shape index (κ1) is 6.82. The van der Waals surface area contributed by atoms with Gasteiger partial charge in [0.1, 0.15) is 0 Å². The lowest BCUT2D eigenvalue weighted by Crippen LogP contribution is -2.50.